The van der Waals surface area contributed by atoms with Crippen LogP contribution in [0.25, 0.3) is 0 Å². The standard InChI is InChI=1S/C14H18N4O2S/c1-8-7-15-14(21-8)12(9-3-4-9)16-13(20)10-5-6-11(19)18(2)17-10/h7,9,12H,3-6H2,1-2H3,(H,16,20). The summed E-state index contributed by atoms with van der Waals surface area (Å²) in [6.45, 7) is 2.01. The Morgan fingerprint density at radius 1 is 1.48 bits per heavy atom. The highest BCUT2D eigenvalue weighted by molar-refractivity contribution is 7.11. The third-order valence-electron chi connectivity index (χ3n) is 3.75. The summed E-state index contributed by atoms with van der Waals surface area (Å²) in [7, 11) is 1.58. The smallest absolute Gasteiger partial charge is 0.268 e. The molecule has 0 spiro atoms. The Labute approximate surface area is 127 Å². The molecule has 2 aliphatic rings. The normalized spacial score (nSPS) is 20.2. The quantitative estimate of drug-likeness (QED) is 0.918. The van der Waals surface area contributed by atoms with Crippen molar-refractivity contribution in [2.45, 2.75) is 38.6 Å². The first-order valence-electron chi connectivity index (χ1n) is 7.12. The van der Waals surface area contributed by atoms with E-state index in [1.54, 1.807) is 18.4 Å². The fourth-order valence-corrected chi connectivity index (χ4v) is 3.30. The predicted molar refractivity (Wildman–Crippen MR) is 79.9 cm³/mol. The Balaban J connectivity index is 1.73. The van der Waals surface area contributed by atoms with Crippen LogP contribution in [-0.4, -0.2) is 34.6 Å². The van der Waals surface area contributed by atoms with E-state index in [2.05, 4.69) is 15.4 Å². The first kappa shape index (κ1) is 14.2. The maximum atomic E-state index is 12.4. The molecule has 1 aliphatic heterocycles. The fraction of sp³-hybridized carbons (Fsp3) is 0.571. The van der Waals surface area contributed by atoms with E-state index in [-0.39, 0.29) is 17.9 Å². The Morgan fingerprint density at radius 3 is 2.81 bits per heavy atom. The van der Waals surface area contributed by atoms with Gasteiger partial charge in [-0.25, -0.2) is 9.99 Å². The molecule has 1 fully saturated rings. The second kappa shape index (κ2) is 5.55. The number of nitrogens with one attached hydrogen (secondary N) is 1. The van der Waals surface area contributed by atoms with E-state index in [1.165, 1.54) is 5.01 Å². The molecule has 112 valence electrons. The van der Waals surface area contributed by atoms with E-state index in [0.29, 0.717) is 24.5 Å². The Hall–Kier alpha value is -1.76. The zero-order chi connectivity index (χ0) is 15.0. The van der Waals surface area contributed by atoms with Crippen molar-refractivity contribution in [1.29, 1.82) is 0 Å². The molecule has 1 aromatic heterocycles. The van der Waals surface area contributed by atoms with Gasteiger partial charge in [-0.05, 0) is 25.7 Å². The van der Waals surface area contributed by atoms with Gasteiger partial charge in [0.1, 0.15) is 10.7 Å². The molecule has 0 radical (unpaired) electrons. The van der Waals surface area contributed by atoms with Gasteiger partial charge in [-0.15, -0.1) is 11.3 Å². The number of nitrogens with zero attached hydrogens (tertiary/aromatic N) is 3. The van der Waals surface area contributed by atoms with Crippen molar-refractivity contribution < 1.29 is 9.59 Å². The summed E-state index contributed by atoms with van der Waals surface area (Å²) in [5.74, 6) is 0.239. The summed E-state index contributed by atoms with van der Waals surface area (Å²) in [5.41, 5.74) is 0.427. The van der Waals surface area contributed by atoms with Crippen molar-refractivity contribution in [3.63, 3.8) is 0 Å². The van der Waals surface area contributed by atoms with Crippen molar-refractivity contribution in [3.8, 4) is 0 Å². The molecule has 6 nitrogen and oxygen atoms in total. The van der Waals surface area contributed by atoms with Gasteiger partial charge >= 0.3 is 0 Å². The minimum absolute atomic E-state index is 0.0261. The van der Waals surface area contributed by atoms with E-state index in [1.807, 2.05) is 13.1 Å². The lowest BCUT2D eigenvalue weighted by Gasteiger charge is -2.21. The highest BCUT2D eigenvalue weighted by atomic mass is 32.1. The molecule has 0 bridgehead atoms. The van der Waals surface area contributed by atoms with Gasteiger partial charge in [0, 0.05) is 31.0 Å². The Morgan fingerprint density at radius 2 is 2.24 bits per heavy atom. The van der Waals surface area contributed by atoms with Gasteiger partial charge in [-0.1, -0.05) is 0 Å². The largest absolute Gasteiger partial charge is 0.341 e. The van der Waals surface area contributed by atoms with Crippen LogP contribution in [-0.2, 0) is 9.59 Å². The lowest BCUT2D eigenvalue weighted by atomic mass is 10.1. The number of aromatic nitrogens is 1. The summed E-state index contributed by atoms with van der Waals surface area (Å²) < 4.78 is 0. The van der Waals surface area contributed by atoms with Crippen LogP contribution in [0, 0.1) is 12.8 Å². The Kier molecular flexibility index (Phi) is 3.75. The average molecular weight is 306 g/mol. The van der Waals surface area contributed by atoms with Crippen LogP contribution in [0.3, 0.4) is 0 Å². The monoisotopic (exact) mass is 306 g/mol. The summed E-state index contributed by atoms with van der Waals surface area (Å²) in [5, 5.41) is 9.33. The number of carbonyl (C=O) groups is 2. The van der Waals surface area contributed by atoms with Gasteiger partial charge in [-0.3, -0.25) is 9.59 Å². The van der Waals surface area contributed by atoms with E-state index in [4.69, 9.17) is 0 Å². The molecule has 0 aromatic carbocycles. The van der Waals surface area contributed by atoms with Crippen LogP contribution in [0.5, 0.6) is 0 Å². The predicted octanol–water partition coefficient (Wildman–Crippen LogP) is 1.63. The molecule has 21 heavy (non-hydrogen) atoms. The first-order valence-corrected chi connectivity index (χ1v) is 7.93. The highest BCUT2D eigenvalue weighted by Gasteiger charge is 2.36. The fourth-order valence-electron chi connectivity index (χ4n) is 2.38. The molecular weight excluding hydrogens is 288 g/mol. The number of carbonyl (C=O) groups excluding carboxylic acids is 2. The molecule has 1 N–H and O–H groups in total. The van der Waals surface area contributed by atoms with Crippen LogP contribution in [0.4, 0.5) is 0 Å². The molecule has 1 saturated carbocycles. The molecule has 1 unspecified atom stereocenters. The minimum atomic E-state index is -0.181. The number of aryl methyl sites for hydroxylation is 1. The van der Waals surface area contributed by atoms with Gasteiger partial charge < -0.3 is 5.32 Å². The van der Waals surface area contributed by atoms with Crippen LogP contribution in [0.2, 0.25) is 0 Å². The molecule has 7 heteroatoms. The summed E-state index contributed by atoms with van der Waals surface area (Å²) in [6.07, 6.45) is 4.82. The van der Waals surface area contributed by atoms with Crippen LogP contribution >= 0.6 is 11.3 Å². The van der Waals surface area contributed by atoms with Gasteiger partial charge in [0.25, 0.3) is 5.91 Å². The zero-order valence-electron chi connectivity index (χ0n) is 12.1. The van der Waals surface area contributed by atoms with Crippen molar-refractivity contribution in [1.82, 2.24) is 15.3 Å². The van der Waals surface area contributed by atoms with E-state index in [9.17, 15) is 9.59 Å². The second-order valence-corrected chi connectivity index (χ2v) is 6.83. The van der Waals surface area contributed by atoms with Gasteiger partial charge in [0.15, 0.2) is 0 Å². The molecule has 3 rings (SSSR count). The SMILES string of the molecule is Cc1cnc(C(NC(=O)C2=NN(C)C(=O)CC2)C2CC2)s1. The number of thiazole rings is 1. The molecule has 1 aromatic rings. The van der Waals surface area contributed by atoms with Crippen molar-refractivity contribution in [3.05, 3.63) is 16.1 Å². The van der Waals surface area contributed by atoms with Crippen LogP contribution in [0.1, 0.15) is 41.6 Å². The number of hydrogen-bond donors (Lipinski definition) is 1. The maximum Gasteiger partial charge on any atom is 0.268 e. The average Bonchev–Trinajstić information content (AvgIpc) is 3.20. The number of rotatable bonds is 4. The summed E-state index contributed by atoms with van der Waals surface area (Å²) in [4.78, 5) is 29.3. The second-order valence-electron chi connectivity index (χ2n) is 5.56. The lowest BCUT2D eigenvalue weighted by Crippen LogP contribution is -2.39. The molecule has 2 amide bonds. The van der Waals surface area contributed by atoms with E-state index < -0.39 is 0 Å². The van der Waals surface area contributed by atoms with E-state index in [0.717, 1.165) is 22.7 Å². The minimum Gasteiger partial charge on any atom is -0.341 e. The van der Waals surface area contributed by atoms with Crippen LogP contribution in [0.15, 0.2) is 11.3 Å². The van der Waals surface area contributed by atoms with Gasteiger partial charge in [-0.2, -0.15) is 5.10 Å². The third-order valence-corrected chi connectivity index (χ3v) is 4.75. The number of hydrazone groups is 1. The van der Waals surface area contributed by atoms with Crippen LogP contribution < -0.4 is 5.32 Å². The molecule has 1 atom stereocenters. The number of hydrogen-bond acceptors (Lipinski definition) is 5. The van der Waals surface area contributed by atoms with Crippen molar-refractivity contribution in [2.24, 2.45) is 11.0 Å². The van der Waals surface area contributed by atoms with Gasteiger partial charge in [0.05, 0.1) is 6.04 Å². The third kappa shape index (κ3) is 3.12. The number of amides is 2. The topological polar surface area (TPSA) is 74.7 Å². The Bertz CT molecular complexity index is 606. The highest BCUT2D eigenvalue weighted by Crippen LogP contribution is 2.42. The van der Waals surface area contributed by atoms with Crippen molar-refractivity contribution >= 4 is 28.9 Å². The lowest BCUT2D eigenvalue weighted by molar-refractivity contribution is -0.130. The molecule has 0 saturated heterocycles. The zero-order valence-corrected chi connectivity index (χ0v) is 12.9. The first-order chi connectivity index (χ1) is 10.0. The van der Waals surface area contributed by atoms with Crippen molar-refractivity contribution in [2.75, 3.05) is 7.05 Å². The molecule has 1 aliphatic carbocycles. The summed E-state index contributed by atoms with van der Waals surface area (Å²) in [6, 6.07) is -0.0261. The van der Waals surface area contributed by atoms with Gasteiger partial charge in [0.2, 0.25) is 5.91 Å². The molecule has 2 heterocycles. The van der Waals surface area contributed by atoms with E-state index >= 15 is 0 Å². The molecular formula is C14H18N4O2S. The summed E-state index contributed by atoms with van der Waals surface area (Å²) >= 11 is 1.62. The maximum absolute atomic E-state index is 12.4.